The highest BCUT2D eigenvalue weighted by molar-refractivity contribution is 7.97. The number of nitrogens with zero attached hydrogens (tertiary/aromatic N) is 2. The normalized spacial score (nSPS) is 12.4. The van der Waals surface area contributed by atoms with Crippen LogP contribution >= 0.6 is 11.9 Å². The molecule has 0 fully saturated rings. The van der Waals surface area contributed by atoms with Crippen molar-refractivity contribution in [2.45, 2.75) is 33.1 Å². The first-order valence-electron chi connectivity index (χ1n) is 8.51. The molecule has 1 atom stereocenters. The molecule has 150 valence electrons. The van der Waals surface area contributed by atoms with E-state index in [1.165, 1.54) is 42.7 Å². The molecule has 0 bridgehead atoms. The van der Waals surface area contributed by atoms with Crippen LogP contribution < -0.4 is 5.32 Å². The van der Waals surface area contributed by atoms with Crippen LogP contribution in [-0.2, 0) is 6.18 Å². The minimum Gasteiger partial charge on any atom is -0.331 e. The van der Waals surface area contributed by atoms with Gasteiger partial charge in [0.25, 0.3) is 11.8 Å². The molecule has 2 aromatic rings. The van der Waals surface area contributed by atoms with Gasteiger partial charge in [0.05, 0.1) is 16.7 Å². The Kier molecular flexibility index (Phi) is 7.06. The number of pyridine rings is 1. The van der Waals surface area contributed by atoms with Gasteiger partial charge >= 0.3 is 6.18 Å². The number of hydrogen-bond donors (Lipinski definition) is 1. The predicted octanol–water partition coefficient (Wildman–Crippen LogP) is 4.30. The Labute approximate surface area is 165 Å². The van der Waals surface area contributed by atoms with E-state index in [4.69, 9.17) is 0 Å². The topological polar surface area (TPSA) is 62.3 Å². The Morgan fingerprint density at radius 3 is 2.54 bits per heavy atom. The lowest BCUT2D eigenvalue weighted by atomic mass is 10.0. The summed E-state index contributed by atoms with van der Waals surface area (Å²) in [7, 11) is 0. The summed E-state index contributed by atoms with van der Waals surface area (Å²) in [5.41, 5.74) is -1.18. The van der Waals surface area contributed by atoms with Gasteiger partial charge in [0, 0.05) is 18.1 Å². The van der Waals surface area contributed by atoms with Crippen molar-refractivity contribution in [3.63, 3.8) is 0 Å². The molecule has 0 saturated heterocycles. The van der Waals surface area contributed by atoms with Crippen LogP contribution in [0.15, 0.2) is 42.7 Å². The molecule has 0 spiro atoms. The van der Waals surface area contributed by atoms with Crippen molar-refractivity contribution in [1.29, 1.82) is 0 Å². The average molecular weight is 411 g/mol. The van der Waals surface area contributed by atoms with Gasteiger partial charge in [-0.05, 0) is 49.6 Å². The third-order valence-corrected chi connectivity index (χ3v) is 4.89. The lowest BCUT2D eigenvalue weighted by Gasteiger charge is -2.28. The molecule has 1 aromatic heterocycles. The highest BCUT2D eigenvalue weighted by Crippen LogP contribution is 2.34. The van der Waals surface area contributed by atoms with Crippen molar-refractivity contribution >= 4 is 23.8 Å². The number of carbonyl (C=O) groups excluding carboxylic acids is 2. The highest BCUT2D eigenvalue weighted by atomic mass is 32.2. The highest BCUT2D eigenvalue weighted by Gasteiger charge is 2.37. The molecule has 2 amide bonds. The molecule has 0 saturated carbocycles. The summed E-state index contributed by atoms with van der Waals surface area (Å²) >= 11 is 1.16. The molecule has 9 heteroatoms. The SMILES string of the molecule is CCSN(C(=O)c1cccnc1)C(C)NC(=O)c1cccc(C)c1C(F)(F)F. The second-order valence-corrected chi connectivity index (χ2v) is 7.16. The Hall–Kier alpha value is -2.55. The summed E-state index contributed by atoms with van der Waals surface area (Å²) in [6.07, 6.45) is -2.59. The fourth-order valence-corrected chi connectivity index (χ4v) is 3.44. The first-order chi connectivity index (χ1) is 13.2. The Morgan fingerprint density at radius 1 is 1.25 bits per heavy atom. The van der Waals surface area contributed by atoms with Gasteiger partial charge < -0.3 is 5.32 Å². The summed E-state index contributed by atoms with van der Waals surface area (Å²) in [5.74, 6) is -0.762. The quantitative estimate of drug-likeness (QED) is 0.569. The van der Waals surface area contributed by atoms with Crippen LogP contribution in [-0.4, -0.2) is 33.0 Å². The number of rotatable bonds is 6. The number of hydrogen-bond acceptors (Lipinski definition) is 4. The van der Waals surface area contributed by atoms with E-state index in [1.54, 1.807) is 12.1 Å². The minimum absolute atomic E-state index is 0.0426. The number of amides is 2. The molecular formula is C19H20F3N3O2S. The maximum Gasteiger partial charge on any atom is 0.417 e. The van der Waals surface area contributed by atoms with E-state index in [0.29, 0.717) is 11.3 Å². The zero-order valence-electron chi connectivity index (χ0n) is 15.6. The zero-order chi connectivity index (χ0) is 20.9. The summed E-state index contributed by atoms with van der Waals surface area (Å²) < 4.78 is 41.5. The lowest BCUT2D eigenvalue weighted by Crippen LogP contribution is -2.46. The van der Waals surface area contributed by atoms with Gasteiger partial charge in [0.1, 0.15) is 6.17 Å². The fraction of sp³-hybridized carbons (Fsp3) is 0.316. The zero-order valence-corrected chi connectivity index (χ0v) is 16.4. The third-order valence-electron chi connectivity index (χ3n) is 3.87. The van der Waals surface area contributed by atoms with Crippen molar-refractivity contribution in [3.05, 3.63) is 65.0 Å². The van der Waals surface area contributed by atoms with Crippen molar-refractivity contribution in [1.82, 2.24) is 14.6 Å². The minimum atomic E-state index is -4.66. The van der Waals surface area contributed by atoms with Gasteiger partial charge in [-0.2, -0.15) is 13.2 Å². The molecule has 1 N–H and O–H groups in total. The maximum absolute atomic E-state index is 13.4. The summed E-state index contributed by atoms with van der Waals surface area (Å²) in [6, 6.07) is 7.00. The molecule has 5 nitrogen and oxygen atoms in total. The fourth-order valence-electron chi connectivity index (χ4n) is 2.66. The van der Waals surface area contributed by atoms with Crippen LogP contribution in [0.5, 0.6) is 0 Å². The van der Waals surface area contributed by atoms with E-state index < -0.39 is 35.3 Å². The van der Waals surface area contributed by atoms with Gasteiger partial charge in [0.15, 0.2) is 0 Å². The van der Waals surface area contributed by atoms with Crippen molar-refractivity contribution in [3.8, 4) is 0 Å². The second-order valence-electron chi connectivity index (χ2n) is 5.94. The van der Waals surface area contributed by atoms with Gasteiger partial charge in [-0.1, -0.05) is 19.1 Å². The number of halogens is 3. The van der Waals surface area contributed by atoms with Gasteiger partial charge in [-0.25, -0.2) is 0 Å². The van der Waals surface area contributed by atoms with Crippen molar-refractivity contribution < 1.29 is 22.8 Å². The predicted molar refractivity (Wildman–Crippen MR) is 102 cm³/mol. The number of benzene rings is 1. The molecule has 0 aliphatic carbocycles. The first kappa shape index (κ1) is 21.7. The van der Waals surface area contributed by atoms with E-state index in [1.807, 2.05) is 6.92 Å². The molecule has 28 heavy (non-hydrogen) atoms. The van der Waals surface area contributed by atoms with Crippen LogP contribution in [0.1, 0.15) is 45.7 Å². The van der Waals surface area contributed by atoms with Crippen LogP contribution in [0.2, 0.25) is 0 Å². The van der Waals surface area contributed by atoms with Crippen molar-refractivity contribution in [2.24, 2.45) is 0 Å². The van der Waals surface area contributed by atoms with Crippen LogP contribution in [0.3, 0.4) is 0 Å². The number of aryl methyl sites for hydroxylation is 1. The Morgan fingerprint density at radius 2 is 1.96 bits per heavy atom. The standard InChI is InChI=1S/C19H20F3N3O2S/c1-4-28-25(18(27)14-8-6-10-23-11-14)13(3)24-17(26)15-9-5-7-12(2)16(15)19(20,21)22/h5-11,13H,4H2,1-3H3,(H,24,26). The molecule has 1 heterocycles. The molecule has 0 aliphatic rings. The molecule has 0 aliphatic heterocycles. The van der Waals surface area contributed by atoms with E-state index in [2.05, 4.69) is 10.3 Å². The molecule has 0 radical (unpaired) electrons. The van der Waals surface area contributed by atoms with Crippen LogP contribution in [0, 0.1) is 6.92 Å². The monoisotopic (exact) mass is 411 g/mol. The van der Waals surface area contributed by atoms with E-state index in [0.717, 1.165) is 18.0 Å². The average Bonchev–Trinajstić information content (AvgIpc) is 2.64. The molecule has 2 rings (SSSR count). The number of nitrogens with one attached hydrogen (secondary N) is 1. The van der Waals surface area contributed by atoms with E-state index >= 15 is 0 Å². The smallest absolute Gasteiger partial charge is 0.331 e. The van der Waals surface area contributed by atoms with Gasteiger partial charge in [-0.15, -0.1) is 0 Å². The Balaban J connectivity index is 2.27. The van der Waals surface area contributed by atoms with Gasteiger partial charge in [0.2, 0.25) is 0 Å². The van der Waals surface area contributed by atoms with Crippen LogP contribution in [0.4, 0.5) is 13.2 Å². The summed E-state index contributed by atoms with van der Waals surface area (Å²) in [5, 5.41) is 2.50. The summed E-state index contributed by atoms with van der Waals surface area (Å²) in [4.78, 5) is 29.2. The first-order valence-corrected chi connectivity index (χ1v) is 9.45. The van der Waals surface area contributed by atoms with Gasteiger partial charge in [-0.3, -0.25) is 18.9 Å². The molecule has 1 aromatic carbocycles. The third kappa shape index (κ3) is 5.03. The molecule has 1 unspecified atom stereocenters. The number of alkyl halides is 3. The largest absolute Gasteiger partial charge is 0.417 e. The van der Waals surface area contributed by atoms with Crippen molar-refractivity contribution in [2.75, 3.05) is 5.75 Å². The lowest BCUT2D eigenvalue weighted by molar-refractivity contribution is -0.138. The number of aromatic nitrogens is 1. The second kappa shape index (κ2) is 9.09. The van der Waals surface area contributed by atoms with E-state index in [9.17, 15) is 22.8 Å². The van der Waals surface area contributed by atoms with E-state index in [-0.39, 0.29) is 5.56 Å². The Bertz CT molecular complexity index is 844. The molecular weight excluding hydrogens is 391 g/mol. The number of carbonyl (C=O) groups is 2. The van der Waals surface area contributed by atoms with Crippen LogP contribution in [0.25, 0.3) is 0 Å². The summed E-state index contributed by atoms with van der Waals surface area (Å²) in [6.45, 7) is 4.66. The maximum atomic E-state index is 13.4.